The van der Waals surface area contributed by atoms with Crippen molar-refractivity contribution in [3.05, 3.63) is 24.2 Å². The first kappa shape index (κ1) is 25.0. The minimum atomic E-state index is -4.55. The largest absolute Gasteiger partial charge is 0.465 e. The number of anilines is 1. The molecule has 1 aliphatic rings. The van der Waals surface area contributed by atoms with Gasteiger partial charge in [0.25, 0.3) is 0 Å². The van der Waals surface area contributed by atoms with Crippen molar-refractivity contribution in [3.63, 3.8) is 0 Å². The van der Waals surface area contributed by atoms with Crippen molar-refractivity contribution in [2.75, 3.05) is 18.9 Å². The lowest BCUT2D eigenvalue weighted by molar-refractivity contribution is -0.144. The lowest BCUT2D eigenvalue weighted by Gasteiger charge is -2.33. The fourth-order valence-electron chi connectivity index (χ4n) is 3.62. The maximum absolute atomic E-state index is 12.3. The van der Waals surface area contributed by atoms with Crippen LogP contribution in [0.4, 0.5) is 5.82 Å². The quantitative estimate of drug-likeness (QED) is 0.229. The molecule has 6 atom stereocenters. The average Bonchev–Trinajstić information content (AvgIpc) is 3.26. The summed E-state index contributed by atoms with van der Waals surface area (Å²) in [5, 5.41) is 38.0. The summed E-state index contributed by atoms with van der Waals surface area (Å²) in [5.74, 6) is -0.647. The molecule has 0 aliphatic carbocycles. The van der Waals surface area contributed by atoms with E-state index in [1.165, 1.54) is 30.5 Å². The van der Waals surface area contributed by atoms with Gasteiger partial charge in [-0.25, -0.2) is 19.2 Å². The number of aliphatic hydroxyl groups is 2. The van der Waals surface area contributed by atoms with Crippen LogP contribution >= 0.6 is 7.75 Å². The van der Waals surface area contributed by atoms with Crippen LogP contribution in [-0.2, 0) is 29.0 Å². The second-order valence-electron chi connectivity index (χ2n) is 7.62. The van der Waals surface area contributed by atoms with E-state index in [-0.39, 0.29) is 18.1 Å². The first-order valence-corrected chi connectivity index (χ1v) is 11.5. The van der Waals surface area contributed by atoms with E-state index in [0.29, 0.717) is 5.52 Å². The normalized spacial score (nSPS) is 30.0. The molecule has 0 amide bonds. The molecule has 15 heteroatoms. The van der Waals surface area contributed by atoms with Crippen molar-refractivity contribution in [2.45, 2.75) is 50.2 Å². The summed E-state index contributed by atoms with van der Waals surface area (Å²) in [5.41, 5.74) is 1.90. The molecule has 1 unspecified atom stereocenters. The SMILES string of the molecule is CCOC(=O)[C@H](C)NP(=O)(O)OC[C@H]1O[C@@](C#N)(c2ccc3c(N)ncnn23)[C@](C)(O)[C@@H]1O. The summed E-state index contributed by atoms with van der Waals surface area (Å²) < 4.78 is 29.1. The molecule has 6 N–H and O–H groups in total. The molecule has 33 heavy (non-hydrogen) atoms. The van der Waals surface area contributed by atoms with Crippen molar-refractivity contribution < 1.29 is 38.5 Å². The Morgan fingerprint density at radius 2 is 2.24 bits per heavy atom. The van der Waals surface area contributed by atoms with Gasteiger partial charge in [-0.05, 0) is 32.9 Å². The number of carbonyl (C=O) groups excluding carboxylic acids is 1. The number of aliphatic hydroxyl groups excluding tert-OH is 1. The average molecular weight is 484 g/mol. The Balaban J connectivity index is 1.84. The van der Waals surface area contributed by atoms with Gasteiger partial charge < -0.3 is 30.3 Å². The molecular formula is C18H25N6O8P. The first-order chi connectivity index (χ1) is 15.4. The number of nitrogens with one attached hydrogen (secondary N) is 1. The van der Waals surface area contributed by atoms with Crippen LogP contribution in [0.5, 0.6) is 0 Å². The predicted octanol–water partition coefficient (Wildman–Crippen LogP) is -0.801. The minimum Gasteiger partial charge on any atom is -0.465 e. The Morgan fingerprint density at radius 1 is 1.55 bits per heavy atom. The monoisotopic (exact) mass is 484 g/mol. The highest BCUT2D eigenvalue weighted by Crippen LogP contribution is 2.48. The molecule has 2 aromatic heterocycles. The molecule has 1 fully saturated rings. The summed E-state index contributed by atoms with van der Waals surface area (Å²) >= 11 is 0. The predicted molar refractivity (Wildman–Crippen MR) is 111 cm³/mol. The van der Waals surface area contributed by atoms with Crippen LogP contribution in [0, 0.1) is 11.3 Å². The smallest absolute Gasteiger partial charge is 0.403 e. The van der Waals surface area contributed by atoms with Crippen molar-refractivity contribution in [1.82, 2.24) is 19.7 Å². The molecule has 0 saturated carbocycles. The molecular weight excluding hydrogens is 459 g/mol. The van der Waals surface area contributed by atoms with Crippen molar-refractivity contribution in [2.24, 2.45) is 0 Å². The lowest BCUT2D eigenvalue weighted by atomic mass is 9.80. The Kier molecular flexibility index (Phi) is 6.79. The molecule has 0 spiro atoms. The Hall–Kier alpha value is -2.63. The number of hydrogen-bond acceptors (Lipinski definition) is 11. The van der Waals surface area contributed by atoms with Crippen LogP contribution in [0.15, 0.2) is 18.5 Å². The second kappa shape index (κ2) is 8.96. The number of esters is 1. The summed E-state index contributed by atoms with van der Waals surface area (Å²) in [7, 11) is -4.55. The van der Waals surface area contributed by atoms with Gasteiger partial charge >= 0.3 is 13.7 Å². The number of nitrogens with two attached hydrogens (primary N) is 1. The molecule has 0 aromatic carbocycles. The zero-order valence-electron chi connectivity index (χ0n) is 18.1. The third-order valence-electron chi connectivity index (χ3n) is 5.38. The highest BCUT2D eigenvalue weighted by molar-refractivity contribution is 7.50. The number of nitrogens with zero attached hydrogens (tertiary/aromatic N) is 4. The Bertz CT molecular complexity index is 1130. The molecule has 1 aliphatic heterocycles. The fourth-order valence-corrected chi connectivity index (χ4v) is 4.64. The standard InChI is InChI=1S/C18H25N6O8P/c1-4-30-16(26)10(2)23-33(28,29)31-7-12-14(25)17(3,27)18(8-19,32-12)13-6-5-11-15(20)21-9-22-24(11)13/h5-6,9-10,12,14,25,27H,4,7H2,1-3H3,(H2,20,21,22)(H2,23,28,29)/t10-,12+,14+,17+,18-/m0/s1. The van der Waals surface area contributed by atoms with E-state index in [0.717, 1.165) is 6.33 Å². The van der Waals surface area contributed by atoms with Crippen LogP contribution in [0.3, 0.4) is 0 Å². The van der Waals surface area contributed by atoms with Crippen LogP contribution in [0.2, 0.25) is 0 Å². The molecule has 1 saturated heterocycles. The van der Waals surface area contributed by atoms with Crippen LogP contribution in [-0.4, -0.2) is 72.7 Å². The van der Waals surface area contributed by atoms with Gasteiger partial charge in [-0.2, -0.15) is 10.4 Å². The van der Waals surface area contributed by atoms with Crippen molar-refractivity contribution >= 4 is 25.1 Å². The van der Waals surface area contributed by atoms with E-state index >= 15 is 0 Å². The maximum Gasteiger partial charge on any atom is 0.403 e. The van der Waals surface area contributed by atoms with Gasteiger partial charge in [0.2, 0.25) is 5.60 Å². The summed E-state index contributed by atoms with van der Waals surface area (Å²) in [6.07, 6.45) is -1.95. The van der Waals surface area contributed by atoms with E-state index in [2.05, 4.69) is 15.2 Å². The maximum atomic E-state index is 12.3. The number of ether oxygens (including phenoxy) is 2. The van der Waals surface area contributed by atoms with Gasteiger partial charge in [0.1, 0.15) is 41.8 Å². The zero-order chi connectivity index (χ0) is 24.6. The Labute approximate surface area is 188 Å². The van der Waals surface area contributed by atoms with Gasteiger partial charge in [-0.3, -0.25) is 9.32 Å². The summed E-state index contributed by atoms with van der Waals surface area (Å²) in [6, 6.07) is 3.68. The van der Waals surface area contributed by atoms with Crippen molar-refractivity contribution in [1.29, 1.82) is 5.26 Å². The van der Waals surface area contributed by atoms with Gasteiger partial charge in [0.05, 0.1) is 18.9 Å². The van der Waals surface area contributed by atoms with Gasteiger partial charge in [-0.15, -0.1) is 0 Å². The molecule has 0 radical (unpaired) electrons. The van der Waals surface area contributed by atoms with E-state index in [4.69, 9.17) is 19.7 Å². The van der Waals surface area contributed by atoms with Gasteiger partial charge in [0, 0.05) is 0 Å². The molecule has 180 valence electrons. The number of nitriles is 1. The molecule has 3 rings (SSSR count). The number of nitrogen functional groups attached to an aromatic ring is 1. The van der Waals surface area contributed by atoms with Crippen molar-refractivity contribution in [3.8, 4) is 6.07 Å². The van der Waals surface area contributed by atoms with E-state index in [1.54, 1.807) is 6.92 Å². The highest BCUT2D eigenvalue weighted by atomic mass is 31.2. The third kappa shape index (κ3) is 4.32. The van der Waals surface area contributed by atoms with Crippen LogP contribution in [0.25, 0.3) is 5.52 Å². The minimum absolute atomic E-state index is 0.0573. The van der Waals surface area contributed by atoms with Crippen LogP contribution in [0.1, 0.15) is 26.5 Å². The molecule has 14 nitrogen and oxygen atoms in total. The molecule has 2 aromatic rings. The molecule has 3 heterocycles. The number of fused-ring (bicyclic) bond motifs is 1. The van der Waals surface area contributed by atoms with Gasteiger partial charge in [-0.1, -0.05) is 0 Å². The third-order valence-corrected chi connectivity index (χ3v) is 6.59. The highest BCUT2D eigenvalue weighted by Gasteiger charge is 2.65. The number of hydrogen-bond donors (Lipinski definition) is 5. The number of aromatic nitrogens is 3. The lowest BCUT2D eigenvalue weighted by Crippen LogP contribution is -2.52. The van der Waals surface area contributed by atoms with E-state index < -0.39 is 49.8 Å². The zero-order valence-corrected chi connectivity index (χ0v) is 19.0. The van der Waals surface area contributed by atoms with E-state index in [1.807, 2.05) is 6.07 Å². The molecule has 0 bridgehead atoms. The van der Waals surface area contributed by atoms with Gasteiger partial charge in [0.15, 0.2) is 5.82 Å². The first-order valence-electron chi connectivity index (χ1n) is 9.90. The fraction of sp³-hybridized carbons (Fsp3) is 0.556. The summed E-state index contributed by atoms with van der Waals surface area (Å²) in [4.78, 5) is 25.6. The second-order valence-corrected chi connectivity index (χ2v) is 9.18. The number of rotatable bonds is 8. The van der Waals surface area contributed by atoms with Crippen LogP contribution < -0.4 is 10.8 Å². The Morgan fingerprint density at radius 3 is 2.88 bits per heavy atom. The van der Waals surface area contributed by atoms with E-state index in [9.17, 15) is 29.7 Å². The summed E-state index contributed by atoms with van der Waals surface area (Å²) in [6.45, 7) is 3.46. The topological polar surface area (TPSA) is 215 Å². The number of carbonyl (C=O) groups is 1.